The van der Waals surface area contributed by atoms with Crippen LogP contribution in [0.15, 0.2) is 21.7 Å². The summed E-state index contributed by atoms with van der Waals surface area (Å²) in [5.74, 6) is -2.26. The number of esters is 2. The Hall–Kier alpha value is -2.99. The number of halogens is 2. The van der Waals surface area contributed by atoms with E-state index in [4.69, 9.17) is 38.0 Å². The third-order valence-corrected chi connectivity index (χ3v) is 5.33. The summed E-state index contributed by atoms with van der Waals surface area (Å²) >= 11 is 11.0. The molecule has 0 N–H and O–H groups in total. The predicted octanol–water partition coefficient (Wildman–Crippen LogP) is 2.05. The molecule has 0 fully saturated rings. The standard InChI is InChI=1S/C20H23ClFN3O7S/c1-5-30-16(26)7-6-8-31-17(27)11(2)32-15-10-14(13(22)9-12(15)21)25-18(28)23(3)20(33)24(4)19(25)29/h9-11H,5-8H2,1-4H3. The van der Waals surface area contributed by atoms with E-state index in [1.54, 1.807) is 6.92 Å². The first-order chi connectivity index (χ1) is 15.5. The molecule has 0 radical (unpaired) electrons. The lowest BCUT2D eigenvalue weighted by atomic mass is 10.2. The highest BCUT2D eigenvalue weighted by molar-refractivity contribution is 7.71. The van der Waals surface area contributed by atoms with Crippen LogP contribution in [0.25, 0.3) is 5.69 Å². The van der Waals surface area contributed by atoms with E-state index in [9.17, 15) is 23.6 Å². The molecule has 0 aliphatic carbocycles. The quantitative estimate of drug-likeness (QED) is 0.290. The lowest BCUT2D eigenvalue weighted by molar-refractivity contribution is -0.152. The average molecular weight is 504 g/mol. The van der Waals surface area contributed by atoms with E-state index >= 15 is 0 Å². The lowest BCUT2D eigenvalue weighted by Crippen LogP contribution is -2.43. The van der Waals surface area contributed by atoms with Gasteiger partial charge in [0.25, 0.3) is 0 Å². The van der Waals surface area contributed by atoms with Crippen molar-refractivity contribution in [3.63, 3.8) is 0 Å². The van der Waals surface area contributed by atoms with Gasteiger partial charge in [-0.15, -0.1) is 0 Å². The summed E-state index contributed by atoms with van der Waals surface area (Å²) in [6.45, 7) is 3.29. The van der Waals surface area contributed by atoms with Gasteiger partial charge in [-0.1, -0.05) is 11.6 Å². The smallest absolute Gasteiger partial charge is 0.347 e. The summed E-state index contributed by atoms with van der Waals surface area (Å²) in [6.07, 6.45) is -0.803. The van der Waals surface area contributed by atoms with Gasteiger partial charge in [0.2, 0.25) is 0 Å². The SMILES string of the molecule is CCOC(=O)CCCOC(=O)C(C)Oc1cc(-n2c(=O)n(C)c(=S)n(C)c2=O)c(F)cc1Cl. The van der Waals surface area contributed by atoms with Crippen molar-refractivity contribution in [2.24, 2.45) is 14.1 Å². The van der Waals surface area contributed by atoms with Crippen LogP contribution >= 0.6 is 23.8 Å². The molecule has 0 bridgehead atoms. The number of hydrogen-bond donors (Lipinski definition) is 0. The molecule has 1 aromatic carbocycles. The Bertz CT molecular complexity index is 1200. The van der Waals surface area contributed by atoms with Crippen LogP contribution in [0.4, 0.5) is 4.39 Å². The maximum absolute atomic E-state index is 14.6. The van der Waals surface area contributed by atoms with Crippen LogP contribution in [0, 0.1) is 10.6 Å². The molecule has 0 saturated carbocycles. The van der Waals surface area contributed by atoms with Gasteiger partial charge in [0.15, 0.2) is 10.9 Å². The summed E-state index contributed by atoms with van der Waals surface area (Å²) in [6, 6.07) is 1.89. The van der Waals surface area contributed by atoms with Gasteiger partial charge < -0.3 is 14.2 Å². The molecular formula is C20H23ClFN3O7S. The third-order valence-electron chi connectivity index (χ3n) is 4.48. The van der Waals surface area contributed by atoms with Crippen LogP contribution in [0.5, 0.6) is 5.75 Å². The Morgan fingerprint density at radius 2 is 1.76 bits per heavy atom. The highest BCUT2D eigenvalue weighted by atomic mass is 35.5. The Morgan fingerprint density at radius 3 is 2.33 bits per heavy atom. The normalized spacial score (nSPS) is 11.7. The molecule has 2 aromatic rings. The number of aromatic nitrogens is 3. The minimum absolute atomic E-state index is 0.0386. The molecule has 0 saturated heterocycles. The van der Waals surface area contributed by atoms with E-state index in [1.807, 2.05) is 0 Å². The van der Waals surface area contributed by atoms with Crippen LogP contribution in [-0.4, -0.2) is 45.0 Å². The Morgan fingerprint density at radius 1 is 1.15 bits per heavy atom. The molecule has 10 nitrogen and oxygen atoms in total. The van der Waals surface area contributed by atoms with E-state index in [0.29, 0.717) is 4.57 Å². The fourth-order valence-electron chi connectivity index (χ4n) is 2.73. The van der Waals surface area contributed by atoms with Gasteiger partial charge in [-0.05, 0) is 38.6 Å². The number of ether oxygens (including phenoxy) is 3. The van der Waals surface area contributed by atoms with Gasteiger partial charge in [-0.25, -0.2) is 23.3 Å². The summed E-state index contributed by atoms with van der Waals surface area (Å²) in [5, 5.41) is -0.188. The predicted molar refractivity (Wildman–Crippen MR) is 119 cm³/mol. The van der Waals surface area contributed by atoms with Crippen LogP contribution in [0.2, 0.25) is 5.02 Å². The van der Waals surface area contributed by atoms with Gasteiger partial charge in [-0.3, -0.25) is 13.9 Å². The fraction of sp³-hybridized carbons (Fsp3) is 0.450. The Kier molecular flexibility index (Phi) is 8.94. The average Bonchev–Trinajstić information content (AvgIpc) is 2.76. The number of benzene rings is 1. The summed E-state index contributed by atoms with van der Waals surface area (Å²) in [5.41, 5.74) is -2.17. The third kappa shape index (κ3) is 6.08. The fourth-order valence-corrected chi connectivity index (χ4v) is 3.09. The molecule has 180 valence electrons. The molecule has 0 aliphatic rings. The minimum Gasteiger partial charge on any atom is -0.477 e. The second kappa shape index (κ2) is 11.2. The van der Waals surface area contributed by atoms with Crippen LogP contribution in [0.1, 0.15) is 26.7 Å². The molecule has 1 aromatic heterocycles. The van der Waals surface area contributed by atoms with Gasteiger partial charge >= 0.3 is 23.3 Å². The van der Waals surface area contributed by atoms with E-state index in [0.717, 1.165) is 21.3 Å². The first-order valence-electron chi connectivity index (χ1n) is 9.87. The van der Waals surface area contributed by atoms with E-state index < -0.39 is 40.9 Å². The molecule has 0 aliphatic heterocycles. The molecule has 0 spiro atoms. The van der Waals surface area contributed by atoms with E-state index in [-0.39, 0.29) is 41.6 Å². The minimum atomic E-state index is -1.16. The maximum Gasteiger partial charge on any atom is 0.347 e. The molecule has 1 heterocycles. The van der Waals surface area contributed by atoms with Crippen LogP contribution in [-0.2, 0) is 33.2 Å². The van der Waals surface area contributed by atoms with Crippen molar-refractivity contribution in [1.82, 2.24) is 13.7 Å². The second-order valence-electron chi connectivity index (χ2n) is 6.87. The summed E-state index contributed by atoms with van der Waals surface area (Å²) in [7, 11) is 2.68. The topological polar surface area (TPSA) is 111 Å². The monoisotopic (exact) mass is 503 g/mol. The van der Waals surface area contributed by atoms with E-state index in [2.05, 4.69) is 0 Å². The molecule has 1 atom stereocenters. The highest BCUT2D eigenvalue weighted by Gasteiger charge is 2.22. The van der Waals surface area contributed by atoms with Crippen molar-refractivity contribution < 1.29 is 28.2 Å². The summed E-state index contributed by atoms with van der Waals surface area (Å²) in [4.78, 5) is 48.6. The number of carbonyl (C=O) groups excluding carboxylic acids is 2. The van der Waals surface area contributed by atoms with Crippen LogP contribution in [0.3, 0.4) is 0 Å². The second-order valence-corrected chi connectivity index (χ2v) is 7.64. The van der Waals surface area contributed by atoms with Crippen molar-refractivity contribution >= 4 is 35.8 Å². The van der Waals surface area contributed by atoms with Crippen molar-refractivity contribution in [3.05, 3.63) is 48.7 Å². The summed E-state index contributed by atoms with van der Waals surface area (Å²) < 4.78 is 32.5. The first-order valence-corrected chi connectivity index (χ1v) is 10.7. The lowest BCUT2D eigenvalue weighted by Gasteiger charge is -2.17. The van der Waals surface area contributed by atoms with Gasteiger partial charge in [0.1, 0.15) is 11.6 Å². The first kappa shape index (κ1) is 26.3. The molecule has 2 rings (SSSR count). The molecular weight excluding hydrogens is 481 g/mol. The molecule has 0 amide bonds. The number of carbonyl (C=O) groups is 2. The highest BCUT2D eigenvalue weighted by Crippen LogP contribution is 2.30. The van der Waals surface area contributed by atoms with Gasteiger partial charge in [0, 0.05) is 26.6 Å². The molecule has 33 heavy (non-hydrogen) atoms. The molecule has 13 heteroatoms. The van der Waals surface area contributed by atoms with Gasteiger partial charge in [0.05, 0.1) is 23.9 Å². The van der Waals surface area contributed by atoms with Crippen molar-refractivity contribution in [2.75, 3.05) is 13.2 Å². The number of hydrogen-bond acceptors (Lipinski definition) is 8. The zero-order valence-electron chi connectivity index (χ0n) is 18.4. The number of rotatable bonds is 9. The van der Waals surface area contributed by atoms with Crippen LogP contribution < -0.4 is 16.1 Å². The van der Waals surface area contributed by atoms with Crippen molar-refractivity contribution in [3.8, 4) is 11.4 Å². The zero-order chi connectivity index (χ0) is 24.9. The van der Waals surface area contributed by atoms with Gasteiger partial charge in [-0.2, -0.15) is 0 Å². The number of nitrogens with zero attached hydrogens (tertiary/aromatic N) is 3. The Labute approximate surface area is 198 Å². The van der Waals surface area contributed by atoms with E-state index in [1.165, 1.54) is 21.0 Å². The maximum atomic E-state index is 14.6. The Balaban J connectivity index is 2.24. The van der Waals surface area contributed by atoms with Crippen molar-refractivity contribution in [1.29, 1.82) is 0 Å². The zero-order valence-corrected chi connectivity index (χ0v) is 20.0. The molecule has 1 unspecified atom stereocenters. The largest absolute Gasteiger partial charge is 0.477 e. The van der Waals surface area contributed by atoms with Crippen molar-refractivity contribution in [2.45, 2.75) is 32.8 Å².